The number of pyridine rings is 1. The van der Waals surface area contributed by atoms with Crippen LogP contribution < -0.4 is 10.2 Å². The number of hydrogen-bond acceptors (Lipinski definition) is 9. The van der Waals surface area contributed by atoms with E-state index in [1.165, 1.54) is 0 Å². The molecule has 4 heterocycles. The largest absolute Gasteiger partial charge is 0.402 e. The number of anilines is 2. The highest BCUT2D eigenvalue weighted by Gasteiger charge is 2.28. The van der Waals surface area contributed by atoms with Crippen LogP contribution in [0.1, 0.15) is 22.3 Å². The molecule has 0 saturated carbocycles. The minimum absolute atomic E-state index is 0.0798. The number of hydrogen-bond donors (Lipinski definition) is 1. The fraction of sp³-hybridized carbons (Fsp3) is 0.207. The average molecular weight is 505 g/mol. The van der Waals surface area contributed by atoms with E-state index in [1.54, 1.807) is 6.20 Å². The number of ketones is 1. The first-order valence-corrected chi connectivity index (χ1v) is 12.3. The van der Waals surface area contributed by atoms with Gasteiger partial charge in [-0.3, -0.25) is 9.79 Å². The Balaban J connectivity index is 1.33. The van der Waals surface area contributed by atoms with E-state index in [0.29, 0.717) is 37.6 Å². The SMILES string of the molecule is C#Cc1cnc(-c2nnc(N[C@H]3N=C(c4ccccc4)c4ccccc4CC3=O)o2)c(N2CCOCC2)c1. The maximum Gasteiger partial charge on any atom is 0.317 e. The Morgan fingerprint density at radius 1 is 1.03 bits per heavy atom. The quantitative estimate of drug-likeness (QED) is 0.413. The highest BCUT2D eigenvalue weighted by molar-refractivity contribution is 6.16. The summed E-state index contributed by atoms with van der Waals surface area (Å²) < 4.78 is 11.4. The van der Waals surface area contributed by atoms with Gasteiger partial charge in [-0.25, -0.2) is 4.98 Å². The van der Waals surface area contributed by atoms with Gasteiger partial charge in [0.25, 0.3) is 5.89 Å². The summed E-state index contributed by atoms with van der Waals surface area (Å²) in [5.74, 6) is 2.74. The third-order valence-corrected chi connectivity index (χ3v) is 6.52. The molecule has 0 radical (unpaired) electrons. The Morgan fingerprint density at radius 2 is 1.82 bits per heavy atom. The van der Waals surface area contributed by atoms with E-state index in [2.05, 4.69) is 31.3 Å². The van der Waals surface area contributed by atoms with Crippen LogP contribution >= 0.6 is 0 Å². The molecule has 6 rings (SSSR count). The topological polar surface area (TPSA) is 106 Å². The van der Waals surface area contributed by atoms with Gasteiger partial charge in [-0.1, -0.05) is 65.6 Å². The van der Waals surface area contributed by atoms with Crippen molar-refractivity contribution >= 4 is 23.2 Å². The fourth-order valence-corrected chi connectivity index (χ4v) is 4.64. The number of ether oxygens (including phenoxy) is 1. The highest BCUT2D eigenvalue weighted by atomic mass is 16.5. The van der Waals surface area contributed by atoms with Gasteiger partial charge in [-0.05, 0) is 11.6 Å². The lowest BCUT2D eigenvalue weighted by molar-refractivity contribution is -0.119. The zero-order chi connectivity index (χ0) is 25.9. The summed E-state index contributed by atoms with van der Waals surface area (Å²) in [7, 11) is 0. The van der Waals surface area contributed by atoms with E-state index in [-0.39, 0.29) is 24.1 Å². The molecular formula is C29H24N6O3. The molecule has 0 aliphatic carbocycles. The normalized spacial score (nSPS) is 17.2. The second-order valence-electron chi connectivity index (χ2n) is 8.94. The molecule has 1 atom stereocenters. The number of benzene rings is 2. The van der Waals surface area contributed by atoms with Crippen LogP contribution in [0.15, 0.2) is 76.3 Å². The van der Waals surface area contributed by atoms with Crippen molar-refractivity contribution < 1.29 is 13.9 Å². The number of nitrogens with one attached hydrogen (secondary N) is 1. The first-order valence-electron chi connectivity index (χ1n) is 12.3. The van der Waals surface area contributed by atoms with E-state index in [4.69, 9.17) is 20.6 Å². The molecule has 0 unspecified atom stereocenters. The summed E-state index contributed by atoms with van der Waals surface area (Å²) in [5.41, 5.74) is 5.45. The molecule has 1 saturated heterocycles. The van der Waals surface area contributed by atoms with Crippen molar-refractivity contribution in [3.63, 3.8) is 0 Å². The van der Waals surface area contributed by atoms with Crippen LogP contribution in [-0.2, 0) is 16.0 Å². The van der Waals surface area contributed by atoms with Crippen molar-refractivity contribution in [1.82, 2.24) is 15.2 Å². The lowest BCUT2D eigenvalue weighted by Crippen LogP contribution is -2.36. The van der Waals surface area contributed by atoms with E-state index in [0.717, 1.165) is 28.1 Å². The van der Waals surface area contributed by atoms with Crippen LogP contribution in [0.25, 0.3) is 11.6 Å². The predicted octanol–water partition coefficient (Wildman–Crippen LogP) is 3.35. The van der Waals surface area contributed by atoms with Crippen molar-refractivity contribution in [3.05, 3.63) is 89.1 Å². The minimum Gasteiger partial charge on any atom is -0.402 e. The molecule has 1 fully saturated rings. The number of morpholine rings is 1. The van der Waals surface area contributed by atoms with Crippen molar-refractivity contribution in [2.24, 2.45) is 4.99 Å². The standard InChI is InChI=1S/C29H24N6O3/c1-2-19-16-23(35-12-14-37-15-13-35)26(30-18-19)28-33-34-29(38-28)32-27-24(36)17-21-10-6-7-11-22(21)25(31-27)20-8-4-3-5-9-20/h1,3-11,16,18,27H,12-15,17H2,(H,32,34)/t27-/m1/s1. The summed E-state index contributed by atoms with van der Waals surface area (Å²) in [6, 6.07) is 19.6. The number of Topliss-reactive ketones (excluding diaryl/α,β-unsaturated/α-hetero) is 1. The molecule has 2 aromatic carbocycles. The Morgan fingerprint density at radius 3 is 2.63 bits per heavy atom. The maximum absolute atomic E-state index is 13.3. The lowest BCUT2D eigenvalue weighted by Gasteiger charge is -2.29. The van der Waals surface area contributed by atoms with Crippen LogP contribution in [0, 0.1) is 12.3 Å². The summed E-state index contributed by atoms with van der Waals surface area (Å²) in [6.07, 6.45) is 6.54. The van der Waals surface area contributed by atoms with Gasteiger partial charge in [0.05, 0.1) is 24.6 Å². The summed E-state index contributed by atoms with van der Waals surface area (Å²) >= 11 is 0. The monoisotopic (exact) mass is 504 g/mol. The van der Waals surface area contributed by atoms with Gasteiger partial charge in [-0.15, -0.1) is 11.5 Å². The van der Waals surface area contributed by atoms with Crippen molar-refractivity contribution in [3.8, 4) is 23.9 Å². The summed E-state index contributed by atoms with van der Waals surface area (Å²) in [5, 5.41) is 11.4. The third kappa shape index (κ3) is 4.65. The molecule has 0 amide bonds. The number of rotatable bonds is 5. The smallest absolute Gasteiger partial charge is 0.317 e. The van der Waals surface area contributed by atoms with Gasteiger partial charge in [0, 0.05) is 42.4 Å². The zero-order valence-electron chi connectivity index (χ0n) is 20.5. The van der Waals surface area contributed by atoms with Crippen LogP contribution in [0.2, 0.25) is 0 Å². The molecule has 1 N–H and O–H groups in total. The molecular weight excluding hydrogens is 480 g/mol. The second-order valence-corrected chi connectivity index (χ2v) is 8.94. The molecule has 4 aromatic rings. The van der Waals surface area contributed by atoms with Gasteiger partial charge in [0.1, 0.15) is 0 Å². The molecule has 188 valence electrons. The van der Waals surface area contributed by atoms with Gasteiger partial charge < -0.3 is 19.4 Å². The minimum atomic E-state index is -0.901. The molecule has 0 bridgehead atoms. The number of terminal acetylenes is 1. The first-order chi connectivity index (χ1) is 18.7. The Kier molecular flexibility index (Phi) is 6.38. The fourth-order valence-electron chi connectivity index (χ4n) is 4.64. The average Bonchev–Trinajstić information content (AvgIpc) is 3.39. The van der Waals surface area contributed by atoms with E-state index < -0.39 is 6.17 Å². The van der Waals surface area contributed by atoms with E-state index >= 15 is 0 Å². The van der Waals surface area contributed by atoms with Gasteiger partial charge in [0.2, 0.25) is 0 Å². The third-order valence-electron chi connectivity index (χ3n) is 6.52. The lowest BCUT2D eigenvalue weighted by atomic mass is 9.96. The molecule has 9 heteroatoms. The highest BCUT2D eigenvalue weighted by Crippen LogP contribution is 2.31. The number of carbonyl (C=O) groups excluding carboxylic acids is 1. The Hall–Kier alpha value is -4.81. The first kappa shape index (κ1) is 23.6. The van der Waals surface area contributed by atoms with Crippen LogP contribution in [0.3, 0.4) is 0 Å². The Labute approximate surface area is 219 Å². The molecule has 9 nitrogen and oxygen atoms in total. The van der Waals surface area contributed by atoms with Crippen LogP contribution in [0.5, 0.6) is 0 Å². The number of aliphatic imine (C=N–C) groups is 1. The van der Waals surface area contributed by atoms with Crippen molar-refractivity contribution in [1.29, 1.82) is 0 Å². The van der Waals surface area contributed by atoms with Crippen molar-refractivity contribution in [2.45, 2.75) is 12.6 Å². The molecule has 2 aliphatic rings. The van der Waals surface area contributed by atoms with Gasteiger partial charge in [-0.2, -0.15) is 0 Å². The van der Waals surface area contributed by atoms with Crippen molar-refractivity contribution in [2.75, 3.05) is 36.5 Å². The number of fused-ring (bicyclic) bond motifs is 1. The van der Waals surface area contributed by atoms with Gasteiger partial charge >= 0.3 is 6.01 Å². The van der Waals surface area contributed by atoms with Gasteiger partial charge in [0.15, 0.2) is 17.6 Å². The molecule has 0 spiro atoms. The van der Waals surface area contributed by atoms with E-state index in [1.807, 2.05) is 60.7 Å². The summed E-state index contributed by atoms with van der Waals surface area (Å²) in [6.45, 7) is 2.58. The molecule has 2 aliphatic heterocycles. The van der Waals surface area contributed by atoms with Crippen LogP contribution in [-0.4, -0.2) is 59.1 Å². The van der Waals surface area contributed by atoms with Crippen LogP contribution in [0.4, 0.5) is 11.7 Å². The Bertz CT molecular complexity index is 1550. The molecule has 2 aromatic heterocycles. The second kappa shape index (κ2) is 10.3. The maximum atomic E-state index is 13.3. The van der Waals surface area contributed by atoms with E-state index in [9.17, 15) is 4.79 Å². The summed E-state index contributed by atoms with van der Waals surface area (Å²) in [4.78, 5) is 24.7. The predicted molar refractivity (Wildman–Crippen MR) is 143 cm³/mol. The zero-order valence-corrected chi connectivity index (χ0v) is 20.5. The number of aromatic nitrogens is 3. The molecule has 38 heavy (non-hydrogen) atoms. The number of nitrogens with zero attached hydrogens (tertiary/aromatic N) is 5. The number of carbonyl (C=O) groups is 1.